The third-order valence-electron chi connectivity index (χ3n) is 5.52. The van der Waals surface area contributed by atoms with Gasteiger partial charge in [-0.3, -0.25) is 28.8 Å². The third kappa shape index (κ3) is 6.75. The van der Waals surface area contributed by atoms with Crippen molar-refractivity contribution in [3.05, 3.63) is 28.7 Å². The van der Waals surface area contributed by atoms with Gasteiger partial charge in [-0.05, 0) is 25.5 Å². The molecule has 2 unspecified atom stereocenters. The summed E-state index contributed by atoms with van der Waals surface area (Å²) < 4.78 is 24.3. The number of fused-ring (bicyclic) bond motifs is 1. The molecule has 1 aromatic heterocycles. The molecule has 2 N–H and O–H groups in total. The molecule has 1 aliphatic heterocycles. The minimum Gasteiger partial charge on any atom is -0.379 e. The molecule has 0 saturated carbocycles. The summed E-state index contributed by atoms with van der Waals surface area (Å²) in [4.78, 5) is 48.5. The van der Waals surface area contributed by atoms with Crippen molar-refractivity contribution in [3.8, 4) is 0 Å². The Balaban J connectivity index is 1.59. The van der Waals surface area contributed by atoms with E-state index in [0.29, 0.717) is 56.0 Å². The van der Waals surface area contributed by atoms with E-state index in [1.165, 1.54) is 9.13 Å². The first kappa shape index (κ1) is 26.5. The molecule has 1 aromatic carbocycles. The summed E-state index contributed by atoms with van der Waals surface area (Å²) in [5.41, 5.74) is 1.12. The van der Waals surface area contributed by atoms with E-state index in [-0.39, 0.29) is 32.0 Å². The molecule has 192 valence electrons. The smallest absolute Gasteiger partial charge is 0.329 e. The Morgan fingerprint density at radius 1 is 1.09 bits per heavy atom. The molecule has 0 spiro atoms. The van der Waals surface area contributed by atoms with Crippen LogP contribution in [0.4, 0.5) is 5.69 Å². The number of ether oxygens (including phenoxy) is 4. The standard InChI is InChI=1S/C23H32N4O8/c1-3-32-9-10-33-11-12-34-13-14-35-20(15-28)24-16-5-4-6-17-21(16)26(2)23(31)27(17)18-7-8-19(29)25-22(18)30/h4-6,15,18,20,24H,3,7-14H2,1-2H3,(H,25,29,30). The van der Waals surface area contributed by atoms with Crippen molar-refractivity contribution in [3.63, 3.8) is 0 Å². The van der Waals surface area contributed by atoms with E-state index in [9.17, 15) is 19.2 Å². The van der Waals surface area contributed by atoms with Crippen molar-refractivity contribution in [1.29, 1.82) is 0 Å². The Morgan fingerprint density at radius 3 is 2.43 bits per heavy atom. The number of aromatic nitrogens is 2. The number of carbonyl (C=O) groups excluding carboxylic acids is 3. The maximum atomic E-state index is 13.0. The van der Waals surface area contributed by atoms with Gasteiger partial charge in [0.2, 0.25) is 11.8 Å². The summed E-state index contributed by atoms with van der Waals surface area (Å²) in [6.07, 6.45) is 0.0320. The predicted molar refractivity (Wildman–Crippen MR) is 126 cm³/mol. The number of benzene rings is 1. The number of hydrogen-bond acceptors (Lipinski definition) is 9. The fraction of sp³-hybridized carbons (Fsp3) is 0.565. The lowest BCUT2D eigenvalue weighted by molar-refractivity contribution is -0.135. The third-order valence-corrected chi connectivity index (χ3v) is 5.52. The fourth-order valence-electron chi connectivity index (χ4n) is 3.87. The van der Waals surface area contributed by atoms with Crippen LogP contribution in [0, 0.1) is 0 Å². The van der Waals surface area contributed by atoms with Gasteiger partial charge in [0, 0.05) is 20.1 Å². The van der Waals surface area contributed by atoms with Gasteiger partial charge in [-0.15, -0.1) is 0 Å². The summed E-state index contributed by atoms with van der Waals surface area (Å²) in [5, 5.41) is 5.28. The summed E-state index contributed by atoms with van der Waals surface area (Å²) in [5.74, 6) is -0.867. The normalized spacial score (nSPS) is 16.9. The summed E-state index contributed by atoms with van der Waals surface area (Å²) >= 11 is 0. The highest BCUT2D eigenvalue weighted by atomic mass is 16.6. The molecule has 0 radical (unpaired) electrons. The minimum absolute atomic E-state index is 0.152. The van der Waals surface area contributed by atoms with Crippen LogP contribution in [-0.4, -0.2) is 79.7 Å². The Morgan fingerprint density at radius 2 is 1.77 bits per heavy atom. The molecule has 3 rings (SSSR count). The number of carbonyl (C=O) groups is 3. The molecule has 0 aliphatic carbocycles. The van der Waals surface area contributed by atoms with E-state index < -0.39 is 23.9 Å². The Labute approximate surface area is 202 Å². The fourth-order valence-corrected chi connectivity index (χ4v) is 3.87. The van der Waals surface area contributed by atoms with Crippen molar-refractivity contribution >= 4 is 34.8 Å². The number of imide groups is 1. The lowest BCUT2D eigenvalue weighted by Crippen LogP contribution is -2.44. The summed E-state index contributed by atoms with van der Waals surface area (Å²) in [7, 11) is 1.58. The number of nitrogens with zero attached hydrogens (tertiary/aromatic N) is 2. The number of aryl methyl sites for hydroxylation is 1. The number of aldehydes is 1. The average molecular weight is 493 g/mol. The van der Waals surface area contributed by atoms with Gasteiger partial charge in [0.05, 0.1) is 56.4 Å². The highest BCUT2D eigenvalue weighted by molar-refractivity contribution is 6.00. The van der Waals surface area contributed by atoms with Crippen molar-refractivity contribution in [2.45, 2.75) is 32.0 Å². The van der Waals surface area contributed by atoms with Crippen molar-refractivity contribution in [1.82, 2.24) is 14.5 Å². The maximum Gasteiger partial charge on any atom is 0.329 e. The number of hydrogen-bond donors (Lipinski definition) is 2. The Hall–Kier alpha value is -3.06. The second kappa shape index (κ2) is 13.1. The number of amides is 2. The second-order valence-electron chi connectivity index (χ2n) is 7.85. The highest BCUT2D eigenvalue weighted by Crippen LogP contribution is 2.27. The van der Waals surface area contributed by atoms with Gasteiger partial charge in [-0.2, -0.15) is 0 Å². The molecule has 2 amide bonds. The van der Waals surface area contributed by atoms with Gasteiger partial charge in [0.25, 0.3) is 0 Å². The predicted octanol–water partition coefficient (Wildman–Crippen LogP) is 0.341. The molecule has 12 heteroatoms. The molecule has 0 bridgehead atoms. The van der Waals surface area contributed by atoms with Gasteiger partial charge in [-0.1, -0.05) is 6.07 Å². The first-order chi connectivity index (χ1) is 17.0. The van der Waals surface area contributed by atoms with Crippen molar-refractivity contribution in [2.75, 3.05) is 51.6 Å². The molecule has 12 nitrogen and oxygen atoms in total. The first-order valence-electron chi connectivity index (χ1n) is 11.6. The largest absolute Gasteiger partial charge is 0.379 e. The number of imidazole rings is 1. The Kier molecular flexibility index (Phi) is 9.97. The number of rotatable bonds is 15. The average Bonchev–Trinajstić information content (AvgIpc) is 3.10. The number of anilines is 1. The summed E-state index contributed by atoms with van der Waals surface area (Å²) in [6.45, 7) is 4.89. The second-order valence-corrected chi connectivity index (χ2v) is 7.85. The molecule has 35 heavy (non-hydrogen) atoms. The minimum atomic E-state index is -0.972. The quantitative estimate of drug-likeness (QED) is 0.156. The van der Waals surface area contributed by atoms with Crippen LogP contribution >= 0.6 is 0 Å². The van der Waals surface area contributed by atoms with Crippen LogP contribution in [0.3, 0.4) is 0 Å². The topological polar surface area (TPSA) is 139 Å². The van der Waals surface area contributed by atoms with E-state index in [0.717, 1.165) is 0 Å². The molecule has 1 fully saturated rings. The van der Waals surface area contributed by atoms with Crippen molar-refractivity contribution < 1.29 is 33.3 Å². The van der Waals surface area contributed by atoms with E-state index in [1.54, 1.807) is 25.2 Å². The Bertz CT molecular complexity index is 1080. The van der Waals surface area contributed by atoms with Crippen LogP contribution < -0.4 is 16.3 Å². The zero-order valence-corrected chi connectivity index (χ0v) is 20.0. The van der Waals surface area contributed by atoms with E-state index in [2.05, 4.69) is 10.6 Å². The zero-order chi connectivity index (χ0) is 25.2. The monoisotopic (exact) mass is 492 g/mol. The highest BCUT2D eigenvalue weighted by Gasteiger charge is 2.31. The van der Waals surface area contributed by atoms with Crippen molar-refractivity contribution in [2.24, 2.45) is 7.05 Å². The number of para-hydroxylation sites is 1. The molecule has 2 aromatic rings. The number of piperidine rings is 1. The van der Waals surface area contributed by atoms with E-state index in [4.69, 9.17) is 18.9 Å². The van der Waals surface area contributed by atoms with E-state index >= 15 is 0 Å². The van der Waals surface area contributed by atoms with Crippen LogP contribution in [0.5, 0.6) is 0 Å². The van der Waals surface area contributed by atoms with Gasteiger partial charge >= 0.3 is 5.69 Å². The SMILES string of the molecule is CCOCCOCCOCCOC(C=O)Nc1cccc2c1n(C)c(=O)n2C1CCC(=O)NC1=O. The first-order valence-corrected chi connectivity index (χ1v) is 11.6. The molecule has 1 saturated heterocycles. The van der Waals surface area contributed by atoms with Gasteiger partial charge < -0.3 is 24.3 Å². The maximum absolute atomic E-state index is 13.0. The molecule has 2 atom stereocenters. The molecule has 2 heterocycles. The zero-order valence-electron chi connectivity index (χ0n) is 20.0. The lowest BCUT2D eigenvalue weighted by atomic mass is 10.1. The van der Waals surface area contributed by atoms with E-state index in [1.807, 2.05) is 6.92 Å². The van der Waals surface area contributed by atoms with Crippen LogP contribution in [0.1, 0.15) is 25.8 Å². The van der Waals surface area contributed by atoms with Gasteiger partial charge in [0.15, 0.2) is 12.5 Å². The number of nitrogens with one attached hydrogen (secondary N) is 2. The van der Waals surface area contributed by atoms with Crippen LogP contribution in [0.2, 0.25) is 0 Å². The van der Waals surface area contributed by atoms with Crippen LogP contribution in [0.15, 0.2) is 23.0 Å². The van der Waals surface area contributed by atoms with Crippen LogP contribution in [0.25, 0.3) is 11.0 Å². The molecular formula is C23H32N4O8. The lowest BCUT2D eigenvalue weighted by Gasteiger charge is -2.22. The molecular weight excluding hydrogens is 460 g/mol. The van der Waals surface area contributed by atoms with Gasteiger partial charge in [0.1, 0.15) is 6.04 Å². The van der Waals surface area contributed by atoms with Crippen LogP contribution in [-0.2, 0) is 40.4 Å². The molecule has 1 aliphatic rings. The van der Waals surface area contributed by atoms with Gasteiger partial charge in [-0.25, -0.2) is 4.79 Å². The summed E-state index contributed by atoms with van der Waals surface area (Å²) in [6, 6.07) is 4.35.